The van der Waals surface area contributed by atoms with Crippen molar-refractivity contribution >= 4 is 28.7 Å². The minimum Gasteiger partial charge on any atom is -0.490 e. The van der Waals surface area contributed by atoms with Crippen LogP contribution in [0.1, 0.15) is 24.2 Å². The number of halogens is 1. The molecule has 26 heavy (non-hydrogen) atoms. The van der Waals surface area contributed by atoms with E-state index in [-0.39, 0.29) is 11.7 Å². The maximum atomic E-state index is 13.2. The van der Waals surface area contributed by atoms with Gasteiger partial charge in [0.25, 0.3) is 5.91 Å². The first-order valence-corrected chi connectivity index (χ1v) is 9.47. The van der Waals surface area contributed by atoms with Crippen molar-refractivity contribution in [2.45, 2.75) is 19.0 Å². The van der Waals surface area contributed by atoms with Crippen molar-refractivity contribution in [1.29, 1.82) is 0 Å². The van der Waals surface area contributed by atoms with Crippen molar-refractivity contribution in [3.05, 3.63) is 47.8 Å². The largest absolute Gasteiger partial charge is 0.490 e. The topological polar surface area (TPSA) is 53.4 Å². The third kappa shape index (κ3) is 3.39. The summed E-state index contributed by atoms with van der Waals surface area (Å²) in [4.78, 5) is 17.5. The molecule has 0 saturated heterocycles. The number of aromatic nitrogens is 2. The summed E-state index contributed by atoms with van der Waals surface area (Å²) in [6, 6.07) is 9.00. The number of rotatable bonds is 6. The van der Waals surface area contributed by atoms with Crippen LogP contribution in [0.3, 0.4) is 0 Å². The SMILES string of the molecule is CCOc1cc2nc(SC)n(C(=O)c3ccc(F)cc3)c2cc1OCC. The third-order valence-electron chi connectivity index (χ3n) is 3.77. The fourth-order valence-corrected chi connectivity index (χ4v) is 3.21. The molecular formula is C19H19FN2O3S. The zero-order chi connectivity index (χ0) is 18.7. The van der Waals surface area contributed by atoms with Gasteiger partial charge in [-0.25, -0.2) is 9.37 Å². The highest BCUT2D eigenvalue weighted by atomic mass is 32.2. The second-order valence-corrected chi connectivity index (χ2v) is 6.17. The standard InChI is InChI=1S/C19H19FN2O3S/c1-4-24-16-10-14-15(11-17(16)25-5-2)22(19(21-14)26-3)18(23)12-6-8-13(20)9-7-12/h6-11H,4-5H2,1-3H3. The zero-order valence-electron chi connectivity index (χ0n) is 14.8. The molecular weight excluding hydrogens is 355 g/mol. The van der Waals surface area contributed by atoms with Crippen LogP contribution in [-0.2, 0) is 0 Å². The second kappa shape index (κ2) is 7.78. The average Bonchev–Trinajstić information content (AvgIpc) is 3.00. The lowest BCUT2D eigenvalue weighted by molar-refractivity contribution is 0.0955. The molecule has 3 aromatic rings. The lowest BCUT2D eigenvalue weighted by Gasteiger charge is -2.12. The summed E-state index contributed by atoms with van der Waals surface area (Å²) >= 11 is 1.36. The molecule has 1 heterocycles. The first kappa shape index (κ1) is 18.3. The lowest BCUT2D eigenvalue weighted by atomic mass is 10.2. The number of carbonyl (C=O) groups excluding carboxylic acids is 1. The fourth-order valence-electron chi connectivity index (χ4n) is 2.65. The number of hydrogen-bond acceptors (Lipinski definition) is 5. The average molecular weight is 374 g/mol. The van der Waals surface area contributed by atoms with E-state index in [1.54, 1.807) is 12.1 Å². The molecule has 0 N–H and O–H groups in total. The minimum atomic E-state index is -0.387. The maximum absolute atomic E-state index is 13.2. The van der Waals surface area contributed by atoms with Gasteiger partial charge in [-0.15, -0.1) is 0 Å². The number of nitrogens with zero attached hydrogens (tertiary/aromatic N) is 2. The Kier molecular flexibility index (Phi) is 5.46. The molecule has 0 aliphatic rings. The van der Waals surface area contributed by atoms with Gasteiger partial charge in [0.1, 0.15) is 5.82 Å². The van der Waals surface area contributed by atoms with Crippen LogP contribution in [0.2, 0.25) is 0 Å². The molecule has 5 nitrogen and oxygen atoms in total. The van der Waals surface area contributed by atoms with E-state index in [4.69, 9.17) is 9.47 Å². The normalized spacial score (nSPS) is 10.9. The van der Waals surface area contributed by atoms with Gasteiger partial charge in [0.05, 0.1) is 24.2 Å². The smallest absolute Gasteiger partial charge is 0.264 e. The van der Waals surface area contributed by atoms with Crippen LogP contribution in [0.4, 0.5) is 4.39 Å². The number of imidazole rings is 1. The summed E-state index contributed by atoms with van der Waals surface area (Å²) in [5.41, 5.74) is 1.64. The number of carbonyl (C=O) groups is 1. The number of benzene rings is 2. The van der Waals surface area contributed by atoms with E-state index in [1.807, 2.05) is 20.1 Å². The van der Waals surface area contributed by atoms with Gasteiger partial charge in [-0.05, 0) is 44.4 Å². The predicted octanol–water partition coefficient (Wildman–Crippen LogP) is 4.38. The zero-order valence-corrected chi connectivity index (χ0v) is 15.6. The van der Waals surface area contributed by atoms with E-state index in [0.29, 0.717) is 46.5 Å². The summed E-state index contributed by atoms with van der Waals surface area (Å²) in [5, 5.41) is 0.547. The summed E-state index contributed by atoms with van der Waals surface area (Å²) < 4.78 is 26.0. The van der Waals surface area contributed by atoms with E-state index in [0.717, 1.165) is 0 Å². The Morgan fingerprint density at radius 1 is 1.12 bits per heavy atom. The van der Waals surface area contributed by atoms with Crippen LogP contribution in [-0.4, -0.2) is 34.9 Å². The van der Waals surface area contributed by atoms with E-state index in [1.165, 1.54) is 40.6 Å². The van der Waals surface area contributed by atoms with Crippen LogP contribution in [0.25, 0.3) is 11.0 Å². The van der Waals surface area contributed by atoms with E-state index in [2.05, 4.69) is 4.98 Å². The molecule has 2 aromatic carbocycles. The van der Waals surface area contributed by atoms with Crippen molar-refractivity contribution in [2.24, 2.45) is 0 Å². The molecule has 3 rings (SSSR count). The van der Waals surface area contributed by atoms with Gasteiger partial charge in [-0.2, -0.15) is 0 Å². The van der Waals surface area contributed by atoms with Crippen molar-refractivity contribution in [3.8, 4) is 11.5 Å². The number of thioether (sulfide) groups is 1. The molecule has 0 fully saturated rings. The lowest BCUT2D eigenvalue weighted by Crippen LogP contribution is -2.13. The second-order valence-electron chi connectivity index (χ2n) is 5.40. The van der Waals surface area contributed by atoms with Gasteiger partial charge in [0.15, 0.2) is 16.7 Å². The van der Waals surface area contributed by atoms with Crippen LogP contribution in [0.5, 0.6) is 11.5 Å². The quantitative estimate of drug-likeness (QED) is 0.599. The van der Waals surface area contributed by atoms with E-state index >= 15 is 0 Å². The Bertz CT molecular complexity index is 938. The molecule has 0 aliphatic heterocycles. The van der Waals surface area contributed by atoms with E-state index < -0.39 is 0 Å². The van der Waals surface area contributed by atoms with Crippen LogP contribution in [0, 0.1) is 5.82 Å². The van der Waals surface area contributed by atoms with Gasteiger partial charge in [0.2, 0.25) is 0 Å². The molecule has 7 heteroatoms. The fraction of sp³-hybridized carbons (Fsp3) is 0.263. The first-order valence-electron chi connectivity index (χ1n) is 8.25. The maximum Gasteiger partial charge on any atom is 0.264 e. The van der Waals surface area contributed by atoms with Crippen molar-refractivity contribution in [2.75, 3.05) is 19.5 Å². The van der Waals surface area contributed by atoms with Gasteiger partial charge >= 0.3 is 0 Å². The third-order valence-corrected chi connectivity index (χ3v) is 4.40. The molecule has 0 bridgehead atoms. The summed E-state index contributed by atoms with van der Waals surface area (Å²) in [5.74, 6) is 0.488. The Labute approximate surface area is 155 Å². The highest BCUT2D eigenvalue weighted by Crippen LogP contribution is 2.35. The molecule has 0 atom stereocenters. The van der Waals surface area contributed by atoms with Crippen LogP contribution in [0.15, 0.2) is 41.6 Å². The minimum absolute atomic E-state index is 0.275. The Balaban J connectivity index is 2.18. The van der Waals surface area contributed by atoms with Gasteiger partial charge in [0, 0.05) is 17.7 Å². The van der Waals surface area contributed by atoms with Gasteiger partial charge in [-0.3, -0.25) is 9.36 Å². The molecule has 0 saturated carbocycles. The van der Waals surface area contributed by atoms with Gasteiger partial charge < -0.3 is 9.47 Å². The molecule has 0 unspecified atom stereocenters. The molecule has 0 spiro atoms. The van der Waals surface area contributed by atoms with Crippen LogP contribution < -0.4 is 9.47 Å². The summed E-state index contributed by atoms with van der Waals surface area (Å²) in [6.45, 7) is 4.75. The first-order chi connectivity index (χ1) is 12.6. The summed E-state index contributed by atoms with van der Waals surface area (Å²) in [6.07, 6.45) is 1.85. The molecule has 0 radical (unpaired) electrons. The van der Waals surface area contributed by atoms with E-state index in [9.17, 15) is 9.18 Å². The number of hydrogen-bond donors (Lipinski definition) is 0. The van der Waals surface area contributed by atoms with Crippen LogP contribution >= 0.6 is 11.8 Å². The van der Waals surface area contributed by atoms with Crippen molar-refractivity contribution < 1.29 is 18.7 Å². The number of ether oxygens (including phenoxy) is 2. The van der Waals surface area contributed by atoms with Crippen molar-refractivity contribution in [1.82, 2.24) is 9.55 Å². The summed E-state index contributed by atoms with van der Waals surface area (Å²) in [7, 11) is 0. The predicted molar refractivity (Wildman–Crippen MR) is 100.0 cm³/mol. The monoisotopic (exact) mass is 374 g/mol. The molecule has 1 aromatic heterocycles. The Morgan fingerprint density at radius 3 is 2.31 bits per heavy atom. The number of fused-ring (bicyclic) bond motifs is 1. The Morgan fingerprint density at radius 2 is 1.73 bits per heavy atom. The van der Waals surface area contributed by atoms with Gasteiger partial charge in [-0.1, -0.05) is 11.8 Å². The van der Waals surface area contributed by atoms with Crippen molar-refractivity contribution in [3.63, 3.8) is 0 Å². The molecule has 0 amide bonds. The highest BCUT2D eigenvalue weighted by Gasteiger charge is 2.20. The Hall–Kier alpha value is -2.54. The highest BCUT2D eigenvalue weighted by molar-refractivity contribution is 7.98. The molecule has 136 valence electrons. The molecule has 0 aliphatic carbocycles.